The zero-order valence-electron chi connectivity index (χ0n) is 46.1. The van der Waals surface area contributed by atoms with E-state index in [1.54, 1.807) is 6.08 Å². The highest BCUT2D eigenvalue weighted by molar-refractivity contribution is 5.76. The number of unbranched alkanes of at least 4 members (excludes halogenated alkanes) is 47. The quantitative estimate of drug-likeness (QED) is 0.0321. The van der Waals surface area contributed by atoms with Gasteiger partial charge in [-0.3, -0.25) is 9.59 Å². The highest BCUT2D eigenvalue weighted by Gasteiger charge is 2.18. The molecular weight excluding hydrogens is 839 g/mol. The van der Waals surface area contributed by atoms with E-state index in [1.807, 2.05) is 6.08 Å². The van der Waals surface area contributed by atoms with Crippen molar-refractivity contribution in [2.24, 2.45) is 0 Å². The molecule has 0 aromatic rings. The lowest BCUT2D eigenvalue weighted by Gasteiger charge is -2.20. The molecule has 0 saturated carbocycles. The highest BCUT2D eigenvalue weighted by Crippen LogP contribution is 2.18. The van der Waals surface area contributed by atoms with Crippen LogP contribution in [-0.4, -0.2) is 47.4 Å². The van der Waals surface area contributed by atoms with Gasteiger partial charge in [-0.15, -0.1) is 0 Å². The molecule has 0 bridgehead atoms. The summed E-state index contributed by atoms with van der Waals surface area (Å²) in [6.45, 7) is 4.93. The number of ether oxygens (including phenoxy) is 1. The van der Waals surface area contributed by atoms with Gasteiger partial charge in [-0.25, -0.2) is 0 Å². The van der Waals surface area contributed by atoms with Crippen LogP contribution in [-0.2, 0) is 14.3 Å². The molecule has 2 atom stereocenters. The molecule has 0 fully saturated rings. The number of hydrogen-bond donors (Lipinski definition) is 3. The molecule has 0 aromatic heterocycles. The van der Waals surface area contributed by atoms with E-state index >= 15 is 0 Å². The van der Waals surface area contributed by atoms with E-state index in [0.29, 0.717) is 19.4 Å². The Morgan fingerprint density at radius 2 is 0.676 bits per heavy atom. The summed E-state index contributed by atoms with van der Waals surface area (Å²) in [5.74, 6) is -0.0520. The van der Waals surface area contributed by atoms with E-state index in [0.717, 1.165) is 38.5 Å². The number of hydrogen-bond acceptors (Lipinski definition) is 5. The lowest BCUT2D eigenvalue weighted by Crippen LogP contribution is -2.45. The van der Waals surface area contributed by atoms with Crippen molar-refractivity contribution in [1.29, 1.82) is 0 Å². The summed E-state index contributed by atoms with van der Waals surface area (Å²) in [7, 11) is 0. The van der Waals surface area contributed by atoms with Crippen LogP contribution in [0.15, 0.2) is 12.2 Å². The molecule has 0 aliphatic heterocycles. The first-order chi connectivity index (χ1) is 33.5. The van der Waals surface area contributed by atoms with Gasteiger partial charge in [-0.2, -0.15) is 0 Å². The second-order valence-electron chi connectivity index (χ2n) is 21.4. The molecule has 6 heteroatoms. The van der Waals surface area contributed by atoms with Crippen LogP contribution in [0.1, 0.15) is 348 Å². The van der Waals surface area contributed by atoms with Gasteiger partial charge in [0, 0.05) is 12.8 Å². The Kier molecular flexibility index (Phi) is 57.0. The summed E-state index contributed by atoms with van der Waals surface area (Å²) >= 11 is 0. The van der Waals surface area contributed by atoms with Crippen LogP contribution < -0.4 is 5.32 Å². The van der Waals surface area contributed by atoms with Crippen molar-refractivity contribution >= 4 is 11.9 Å². The number of nitrogens with one attached hydrogen (secondary N) is 1. The maximum Gasteiger partial charge on any atom is 0.305 e. The molecule has 0 saturated heterocycles. The molecule has 2 unspecified atom stereocenters. The summed E-state index contributed by atoms with van der Waals surface area (Å²) in [5.41, 5.74) is 0. The van der Waals surface area contributed by atoms with Crippen molar-refractivity contribution in [3.63, 3.8) is 0 Å². The van der Waals surface area contributed by atoms with Crippen LogP contribution in [0.4, 0.5) is 0 Å². The molecule has 0 aliphatic rings. The zero-order valence-corrected chi connectivity index (χ0v) is 46.1. The summed E-state index contributed by atoms with van der Waals surface area (Å²) in [6.07, 6.45) is 69.6. The lowest BCUT2D eigenvalue weighted by molar-refractivity contribution is -0.143. The third-order valence-electron chi connectivity index (χ3n) is 14.6. The number of amides is 1. The SMILES string of the molecule is CCCCCCCCCCCCCCCCCC/C=C/C(O)C(CO)NC(=O)CCCCCCCCCCCCCCCCCCCCCCCCOC(=O)CCCCCCCCCCCCC. The second-order valence-corrected chi connectivity index (χ2v) is 21.4. The van der Waals surface area contributed by atoms with Crippen molar-refractivity contribution < 1.29 is 24.5 Å². The number of aliphatic hydroxyl groups is 2. The molecular formula is C62H121NO5. The van der Waals surface area contributed by atoms with Gasteiger partial charge >= 0.3 is 5.97 Å². The Balaban J connectivity index is 3.41. The van der Waals surface area contributed by atoms with Crippen LogP contribution >= 0.6 is 0 Å². The Morgan fingerprint density at radius 3 is 1.00 bits per heavy atom. The van der Waals surface area contributed by atoms with E-state index in [1.165, 1.54) is 283 Å². The zero-order chi connectivity index (χ0) is 49.3. The van der Waals surface area contributed by atoms with E-state index in [9.17, 15) is 19.8 Å². The minimum absolute atomic E-state index is 0.0130. The fraction of sp³-hybridized carbons (Fsp3) is 0.935. The Bertz CT molecular complexity index is 1020. The average molecular weight is 961 g/mol. The van der Waals surface area contributed by atoms with Crippen LogP contribution in [0.5, 0.6) is 0 Å². The number of carbonyl (C=O) groups is 2. The first-order valence-corrected chi connectivity index (χ1v) is 31.0. The van der Waals surface area contributed by atoms with Crippen molar-refractivity contribution in [2.75, 3.05) is 13.2 Å². The van der Waals surface area contributed by atoms with Crippen LogP contribution in [0.25, 0.3) is 0 Å². The van der Waals surface area contributed by atoms with Gasteiger partial charge < -0.3 is 20.3 Å². The number of allylic oxidation sites excluding steroid dienone is 1. The van der Waals surface area contributed by atoms with E-state index in [4.69, 9.17) is 4.74 Å². The first-order valence-electron chi connectivity index (χ1n) is 31.0. The average Bonchev–Trinajstić information content (AvgIpc) is 3.34. The lowest BCUT2D eigenvalue weighted by atomic mass is 10.0. The fourth-order valence-corrected chi connectivity index (χ4v) is 9.81. The molecule has 6 nitrogen and oxygen atoms in total. The predicted octanol–water partition coefficient (Wildman–Crippen LogP) is 19.2. The van der Waals surface area contributed by atoms with Gasteiger partial charge in [0.05, 0.1) is 25.4 Å². The minimum Gasteiger partial charge on any atom is -0.466 e. The Morgan fingerprint density at radius 1 is 0.397 bits per heavy atom. The summed E-state index contributed by atoms with van der Waals surface area (Å²) in [6, 6.07) is -0.627. The summed E-state index contributed by atoms with van der Waals surface area (Å²) in [4.78, 5) is 24.5. The topological polar surface area (TPSA) is 95.9 Å². The summed E-state index contributed by atoms with van der Waals surface area (Å²) < 4.78 is 5.47. The van der Waals surface area contributed by atoms with Gasteiger partial charge in [0.25, 0.3) is 0 Å². The molecule has 0 radical (unpaired) electrons. The van der Waals surface area contributed by atoms with Crippen molar-refractivity contribution in [2.45, 2.75) is 360 Å². The molecule has 0 heterocycles. The van der Waals surface area contributed by atoms with Crippen molar-refractivity contribution in [3.05, 3.63) is 12.2 Å². The molecule has 68 heavy (non-hydrogen) atoms. The van der Waals surface area contributed by atoms with Gasteiger partial charge in [-0.1, -0.05) is 315 Å². The normalized spacial score (nSPS) is 12.6. The number of esters is 1. The Hall–Kier alpha value is -1.40. The van der Waals surface area contributed by atoms with Crippen LogP contribution in [0.3, 0.4) is 0 Å². The van der Waals surface area contributed by atoms with E-state index < -0.39 is 12.1 Å². The van der Waals surface area contributed by atoms with Crippen molar-refractivity contribution in [1.82, 2.24) is 5.32 Å². The van der Waals surface area contributed by atoms with E-state index in [2.05, 4.69) is 19.2 Å². The standard InChI is InChI=1S/C62H121NO5/c1-3-5-7-9-11-13-15-16-17-18-25-28-31-35-38-42-46-50-54-60(65)59(58-64)63-61(66)55-51-47-43-39-36-32-29-26-23-21-19-20-22-24-27-30-33-37-41-45-49-53-57-68-62(67)56-52-48-44-40-34-14-12-10-8-6-4-2/h50,54,59-60,64-65H,3-49,51-53,55-58H2,1-2H3,(H,63,66)/b54-50+. The highest BCUT2D eigenvalue weighted by atomic mass is 16.5. The fourth-order valence-electron chi connectivity index (χ4n) is 9.81. The molecule has 0 aromatic carbocycles. The summed E-state index contributed by atoms with van der Waals surface area (Å²) in [5, 5.41) is 23.2. The maximum atomic E-state index is 12.5. The molecule has 0 rings (SSSR count). The third-order valence-corrected chi connectivity index (χ3v) is 14.6. The molecule has 1 amide bonds. The largest absolute Gasteiger partial charge is 0.466 e. The predicted molar refractivity (Wildman–Crippen MR) is 297 cm³/mol. The molecule has 404 valence electrons. The van der Waals surface area contributed by atoms with Gasteiger partial charge in [0.1, 0.15) is 0 Å². The van der Waals surface area contributed by atoms with Crippen LogP contribution in [0.2, 0.25) is 0 Å². The van der Waals surface area contributed by atoms with Gasteiger partial charge in [-0.05, 0) is 32.1 Å². The van der Waals surface area contributed by atoms with Crippen molar-refractivity contribution in [3.8, 4) is 0 Å². The molecule has 3 N–H and O–H groups in total. The minimum atomic E-state index is -0.844. The maximum absolute atomic E-state index is 12.5. The van der Waals surface area contributed by atoms with Gasteiger partial charge in [0.2, 0.25) is 5.91 Å². The number of carbonyl (C=O) groups excluding carboxylic acids is 2. The number of rotatable bonds is 58. The number of aliphatic hydroxyl groups excluding tert-OH is 2. The third kappa shape index (κ3) is 53.9. The molecule has 0 aliphatic carbocycles. The van der Waals surface area contributed by atoms with Gasteiger partial charge in [0.15, 0.2) is 0 Å². The Labute approximate surface area is 425 Å². The van der Waals surface area contributed by atoms with Crippen LogP contribution in [0, 0.1) is 0 Å². The second kappa shape index (κ2) is 58.2. The van der Waals surface area contributed by atoms with E-state index in [-0.39, 0.29) is 18.5 Å². The first kappa shape index (κ1) is 66.6. The molecule has 0 spiro atoms. The monoisotopic (exact) mass is 960 g/mol. The smallest absolute Gasteiger partial charge is 0.305 e.